The first-order chi connectivity index (χ1) is 8.52. The van der Waals surface area contributed by atoms with Crippen molar-refractivity contribution in [1.82, 2.24) is 5.32 Å². The number of carbonyl (C=O) groups is 1. The highest BCUT2D eigenvalue weighted by atomic mass is 16.3. The molecule has 1 aromatic carbocycles. The van der Waals surface area contributed by atoms with Crippen molar-refractivity contribution >= 4 is 5.91 Å². The summed E-state index contributed by atoms with van der Waals surface area (Å²) in [6, 6.07) is 7.32. The van der Waals surface area contributed by atoms with Gasteiger partial charge in [-0.15, -0.1) is 0 Å². The average Bonchev–Trinajstić information content (AvgIpc) is 2.36. The molecule has 0 aliphatic carbocycles. The number of carbonyl (C=O) groups excluding carboxylic acids is 1. The predicted molar refractivity (Wildman–Crippen MR) is 71.9 cm³/mol. The second kappa shape index (κ2) is 7.13. The van der Waals surface area contributed by atoms with Gasteiger partial charge in [0.15, 0.2) is 0 Å². The van der Waals surface area contributed by atoms with Crippen LogP contribution in [0.2, 0.25) is 0 Å². The largest absolute Gasteiger partial charge is 0.394 e. The van der Waals surface area contributed by atoms with Crippen molar-refractivity contribution in [3.8, 4) is 0 Å². The Kier molecular flexibility index (Phi) is 5.82. The summed E-state index contributed by atoms with van der Waals surface area (Å²) in [6.07, 6.45) is 1.06. The highest BCUT2D eigenvalue weighted by Gasteiger charge is 2.10. The minimum atomic E-state index is -0.842. The Bertz CT molecular complexity index is 374. The van der Waals surface area contributed by atoms with Gasteiger partial charge in [-0.25, -0.2) is 0 Å². The Morgan fingerprint density at radius 2 is 1.83 bits per heavy atom. The molecule has 0 saturated carbocycles. The fourth-order valence-corrected chi connectivity index (χ4v) is 1.67. The summed E-state index contributed by atoms with van der Waals surface area (Å²) in [5.74, 6) is 0.307. The molecule has 0 radical (unpaired) electrons. The van der Waals surface area contributed by atoms with Gasteiger partial charge < -0.3 is 16.2 Å². The molecule has 0 aliphatic heterocycles. The second-order valence-corrected chi connectivity index (χ2v) is 4.92. The summed E-state index contributed by atoms with van der Waals surface area (Å²) < 4.78 is 0. The van der Waals surface area contributed by atoms with Crippen LogP contribution >= 0.6 is 0 Å². The van der Waals surface area contributed by atoms with Crippen molar-refractivity contribution in [2.75, 3.05) is 6.61 Å². The van der Waals surface area contributed by atoms with E-state index in [2.05, 4.69) is 31.3 Å². The van der Waals surface area contributed by atoms with Gasteiger partial charge in [-0.3, -0.25) is 4.79 Å². The zero-order valence-corrected chi connectivity index (χ0v) is 11.0. The lowest BCUT2D eigenvalue weighted by Crippen LogP contribution is -2.42. The monoisotopic (exact) mass is 250 g/mol. The van der Waals surface area contributed by atoms with Crippen molar-refractivity contribution in [3.63, 3.8) is 0 Å². The van der Waals surface area contributed by atoms with Gasteiger partial charge in [0.2, 0.25) is 5.91 Å². The van der Waals surface area contributed by atoms with Crippen molar-refractivity contribution in [2.45, 2.75) is 32.9 Å². The molecule has 100 valence electrons. The molecule has 0 aromatic heterocycles. The maximum absolute atomic E-state index is 11.4. The lowest BCUT2D eigenvalue weighted by molar-refractivity contribution is -0.123. The average molecular weight is 250 g/mol. The van der Waals surface area contributed by atoms with E-state index in [1.54, 1.807) is 0 Å². The number of nitrogens with two attached hydrogens (primary N) is 1. The number of aliphatic hydroxyl groups is 1. The van der Waals surface area contributed by atoms with Crippen LogP contribution in [0.3, 0.4) is 0 Å². The van der Waals surface area contributed by atoms with Crippen LogP contribution in [0, 0.1) is 5.92 Å². The van der Waals surface area contributed by atoms with Crippen LogP contribution < -0.4 is 11.1 Å². The molecule has 0 bridgehead atoms. The number of benzene rings is 1. The smallest absolute Gasteiger partial charge is 0.239 e. The normalized spacial score (nSPS) is 12.5. The van der Waals surface area contributed by atoms with Gasteiger partial charge >= 0.3 is 0 Å². The first-order valence-corrected chi connectivity index (χ1v) is 6.25. The maximum Gasteiger partial charge on any atom is 0.239 e. The lowest BCUT2D eigenvalue weighted by Gasteiger charge is -2.10. The van der Waals surface area contributed by atoms with E-state index < -0.39 is 6.04 Å². The zero-order valence-electron chi connectivity index (χ0n) is 11.0. The van der Waals surface area contributed by atoms with Crippen LogP contribution in [-0.2, 0) is 17.8 Å². The van der Waals surface area contributed by atoms with Crippen LogP contribution in [0.4, 0.5) is 0 Å². The first-order valence-electron chi connectivity index (χ1n) is 6.25. The number of hydrogen-bond acceptors (Lipinski definition) is 3. The van der Waals surface area contributed by atoms with E-state index in [0.717, 1.165) is 12.0 Å². The SMILES string of the molecule is CC(C)Cc1ccc(CNC(=O)C(N)CO)cc1. The summed E-state index contributed by atoms with van der Waals surface area (Å²) in [7, 11) is 0. The highest BCUT2D eigenvalue weighted by Crippen LogP contribution is 2.09. The molecule has 1 rings (SSSR count). The number of amides is 1. The fourth-order valence-electron chi connectivity index (χ4n) is 1.67. The van der Waals surface area contributed by atoms with Gasteiger partial charge in [-0.05, 0) is 23.5 Å². The van der Waals surface area contributed by atoms with Crippen molar-refractivity contribution in [1.29, 1.82) is 0 Å². The number of rotatable bonds is 6. The Morgan fingerprint density at radius 1 is 1.28 bits per heavy atom. The van der Waals surface area contributed by atoms with Gasteiger partial charge in [0, 0.05) is 6.54 Å². The summed E-state index contributed by atoms with van der Waals surface area (Å²) >= 11 is 0. The molecule has 0 fully saturated rings. The molecule has 4 N–H and O–H groups in total. The standard InChI is InChI=1S/C14H22N2O2/c1-10(2)7-11-3-5-12(6-4-11)8-16-14(18)13(15)9-17/h3-6,10,13,17H,7-9,15H2,1-2H3,(H,16,18). The van der Waals surface area contributed by atoms with E-state index in [1.807, 2.05) is 12.1 Å². The van der Waals surface area contributed by atoms with E-state index >= 15 is 0 Å². The molecule has 1 aromatic rings. The van der Waals surface area contributed by atoms with Gasteiger partial charge in [-0.2, -0.15) is 0 Å². The number of nitrogens with one attached hydrogen (secondary N) is 1. The topological polar surface area (TPSA) is 75.4 Å². The first kappa shape index (κ1) is 14.7. The number of hydrogen-bond donors (Lipinski definition) is 3. The molecule has 0 aliphatic rings. The van der Waals surface area contributed by atoms with E-state index in [1.165, 1.54) is 5.56 Å². The van der Waals surface area contributed by atoms with Gasteiger partial charge in [0.05, 0.1) is 6.61 Å². The van der Waals surface area contributed by atoms with E-state index in [4.69, 9.17) is 10.8 Å². The van der Waals surface area contributed by atoms with E-state index in [0.29, 0.717) is 12.5 Å². The van der Waals surface area contributed by atoms with Crippen molar-refractivity contribution in [3.05, 3.63) is 35.4 Å². The van der Waals surface area contributed by atoms with E-state index in [-0.39, 0.29) is 12.5 Å². The van der Waals surface area contributed by atoms with Crippen molar-refractivity contribution in [2.24, 2.45) is 11.7 Å². The Hall–Kier alpha value is -1.39. The van der Waals surface area contributed by atoms with Gasteiger partial charge in [0.25, 0.3) is 0 Å². The molecular formula is C14H22N2O2. The third-order valence-corrected chi connectivity index (χ3v) is 2.67. The highest BCUT2D eigenvalue weighted by molar-refractivity contribution is 5.81. The molecule has 1 atom stereocenters. The summed E-state index contributed by atoms with van der Waals surface area (Å²) in [5.41, 5.74) is 7.72. The van der Waals surface area contributed by atoms with E-state index in [9.17, 15) is 4.79 Å². The Balaban J connectivity index is 2.46. The van der Waals surface area contributed by atoms with Crippen LogP contribution in [-0.4, -0.2) is 23.7 Å². The molecular weight excluding hydrogens is 228 g/mol. The maximum atomic E-state index is 11.4. The molecule has 4 nitrogen and oxygen atoms in total. The molecule has 0 spiro atoms. The van der Waals surface area contributed by atoms with Crippen LogP contribution in [0.1, 0.15) is 25.0 Å². The molecule has 0 saturated heterocycles. The third-order valence-electron chi connectivity index (χ3n) is 2.67. The summed E-state index contributed by atoms with van der Waals surface area (Å²) in [5, 5.41) is 11.4. The fraction of sp³-hybridized carbons (Fsp3) is 0.500. The second-order valence-electron chi connectivity index (χ2n) is 4.92. The van der Waals surface area contributed by atoms with Crippen LogP contribution in [0.25, 0.3) is 0 Å². The summed E-state index contributed by atoms with van der Waals surface area (Å²) in [6.45, 7) is 4.47. The van der Waals surface area contributed by atoms with Gasteiger partial charge in [-0.1, -0.05) is 38.1 Å². The molecule has 18 heavy (non-hydrogen) atoms. The Labute approximate surface area is 108 Å². The van der Waals surface area contributed by atoms with Crippen LogP contribution in [0.15, 0.2) is 24.3 Å². The molecule has 0 heterocycles. The molecule has 4 heteroatoms. The third kappa shape index (κ3) is 4.85. The minimum Gasteiger partial charge on any atom is -0.394 e. The lowest BCUT2D eigenvalue weighted by atomic mass is 10.0. The zero-order chi connectivity index (χ0) is 13.5. The van der Waals surface area contributed by atoms with Gasteiger partial charge in [0.1, 0.15) is 6.04 Å². The molecule has 1 unspecified atom stereocenters. The quantitative estimate of drug-likeness (QED) is 0.699. The predicted octanol–water partition coefficient (Wildman–Crippen LogP) is 0.821. The van der Waals surface area contributed by atoms with Crippen molar-refractivity contribution < 1.29 is 9.90 Å². The molecule has 1 amide bonds. The number of aliphatic hydroxyl groups excluding tert-OH is 1. The summed E-state index contributed by atoms with van der Waals surface area (Å²) in [4.78, 5) is 11.4. The minimum absolute atomic E-state index is 0.330. The Morgan fingerprint density at radius 3 is 2.33 bits per heavy atom. The van der Waals surface area contributed by atoms with Crippen LogP contribution in [0.5, 0.6) is 0 Å².